The van der Waals surface area contributed by atoms with Crippen molar-refractivity contribution in [3.63, 3.8) is 0 Å². The van der Waals surface area contributed by atoms with Crippen LogP contribution in [0.15, 0.2) is 101 Å². The van der Waals surface area contributed by atoms with Crippen molar-refractivity contribution in [2.75, 3.05) is 7.11 Å². The number of ether oxygens (including phenoxy) is 1. The molecule has 0 saturated heterocycles. The minimum atomic E-state index is -5.48. The number of fused-ring (bicyclic) bond motifs is 1. The molecule has 0 aliphatic heterocycles. The first kappa shape index (κ1) is 27.4. The third kappa shape index (κ3) is 4.79. The van der Waals surface area contributed by atoms with Crippen LogP contribution >= 0.6 is 0 Å². The van der Waals surface area contributed by atoms with Gasteiger partial charge in [0.15, 0.2) is 0 Å². The Morgan fingerprint density at radius 3 is 1.92 bits per heavy atom. The highest BCUT2D eigenvalue weighted by Crippen LogP contribution is 2.38. The predicted molar refractivity (Wildman–Crippen MR) is 132 cm³/mol. The van der Waals surface area contributed by atoms with Crippen LogP contribution in [-0.4, -0.2) is 45.6 Å². The highest BCUT2D eigenvalue weighted by atomic mass is 32.2. The molecule has 200 valence electrons. The number of alkyl halides is 3. The Morgan fingerprint density at radius 2 is 1.37 bits per heavy atom. The zero-order valence-electron chi connectivity index (χ0n) is 19.7. The van der Waals surface area contributed by atoms with Crippen LogP contribution in [0.3, 0.4) is 0 Å². The van der Waals surface area contributed by atoms with Crippen molar-refractivity contribution in [2.24, 2.45) is 0 Å². The van der Waals surface area contributed by atoms with Gasteiger partial charge in [-0.25, -0.2) is 25.6 Å². The first-order valence-corrected chi connectivity index (χ1v) is 13.9. The third-order valence-electron chi connectivity index (χ3n) is 5.90. The quantitative estimate of drug-likeness (QED) is 0.324. The number of rotatable bonds is 8. The molecular formula is C25H21F3N2O6S2. The number of hydrogen-bond acceptors (Lipinski definition) is 6. The second kappa shape index (κ2) is 9.89. The van der Waals surface area contributed by atoms with E-state index in [1.807, 2.05) is 0 Å². The summed E-state index contributed by atoms with van der Waals surface area (Å²) in [6.45, 7) is 0. The largest absolute Gasteiger partial charge is 0.467 e. The molecule has 0 radical (unpaired) electrons. The molecule has 1 heterocycles. The maximum Gasteiger partial charge on any atom is 0.418 e. The fourth-order valence-electron chi connectivity index (χ4n) is 4.04. The summed E-state index contributed by atoms with van der Waals surface area (Å²) >= 11 is 0. The summed E-state index contributed by atoms with van der Waals surface area (Å²) in [5.41, 5.74) is -3.99. The smallest absolute Gasteiger partial charge is 0.418 e. The molecule has 1 unspecified atom stereocenters. The van der Waals surface area contributed by atoms with Crippen LogP contribution in [0, 0.1) is 0 Å². The number of esters is 1. The van der Waals surface area contributed by atoms with Gasteiger partial charge in [0, 0.05) is 18.0 Å². The summed E-state index contributed by atoms with van der Waals surface area (Å²) in [4.78, 5) is 12.1. The van der Waals surface area contributed by atoms with Crippen LogP contribution in [-0.2, 0) is 36.0 Å². The van der Waals surface area contributed by atoms with Crippen molar-refractivity contribution in [2.45, 2.75) is 27.9 Å². The first-order valence-electron chi connectivity index (χ1n) is 11.0. The maximum atomic E-state index is 14.7. The lowest BCUT2D eigenvalue weighted by atomic mass is 9.91. The lowest BCUT2D eigenvalue weighted by molar-refractivity contribution is -0.207. The van der Waals surface area contributed by atoms with E-state index >= 15 is 0 Å². The van der Waals surface area contributed by atoms with Gasteiger partial charge in [0.25, 0.3) is 10.0 Å². The van der Waals surface area contributed by atoms with E-state index in [2.05, 4.69) is 4.74 Å². The van der Waals surface area contributed by atoms with Crippen molar-refractivity contribution in [3.8, 4) is 0 Å². The molecule has 0 aliphatic carbocycles. The van der Waals surface area contributed by atoms with Gasteiger partial charge in [0.05, 0.1) is 22.4 Å². The number of carbonyl (C=O) groups excluding carboxylic acids is 1. The average molecular weight is 567 g/mol. The fraction of sp³-hybridized carbons (Fsp3) is 0.160. The van der Waals surface area contributed by atoms with E-state index in [-0.39, 0.29) is 21.4 Å². The number of benzene rings is 3. The number of halogens is 3. The van der Waals surface area contributed by atoms with Crippen molar-refractivity contribution in [1.82, 2.24) is 8.69 Å². The van der Waals surface area contributed by atoms with Crippen molar-refractivity contribution in [3.05, 3.63) is 96.7 Å². The summed E-state index contributed by atoms with van der Waals surface area (Å²) in [7, 11) is -8.45. The standard InChI is InChI=1S/C25H21F3N2O6S2/c1-36-23(31)24(25(26,27)28,29-37(32,33)19-10-4-2-5-11-19)16-18-17-30(22-15-9-8-14-21(18)22)38(34,35)20-12-6-3-7-13-20/h2-15,17,29H,16H2,1H3. The van der Waals surface area contributed by atoms with Crippen LogP contribution < -0.4 is 4.72 Å². The second-order valence-electron chi connectivity index (χ2n) is 8.28. The Bertz CT molecular complexity index is 1690. The number of methoxy groups -OCH3 is 1. The number of aromatic nitrogens is 1. The van der Waals surface area contributed by atoms with Gasteiger partial charge in [-0.3, -0.25) is 0 Å². The molecule has 1 atom stereocenters. The fourth-order valence-corrected chi connectivity index (χ4v) is 6.81. The summed E-state index contributed by atoms with van der Waals surface area (Å²) in [6.07, 6.45) is -5.82. The lowest BCUT2D eigenvalue weighted by Gasteiger charge is -2.33. The van der Waals surface area contributed by atoms with E-state index in [1.54, 1.807) is 6.07 Å². The van der Waals surface area contributed by atoms with Crippen molar-refractivity contribution < 1.29 is 39.5 Å². The molecule has 0 aliphatic rings. The van der Waals surface area contributed by atoms with Gasteiger partial charge >= 0.3 is 12.1 Å². The number of sulfonamides is 1. The second-order valence-corrected chi connectivity index (χ2v) is 11.8. The molecule has 3 aromatic carbocycles. The predicted octanol–water partition coefficient (Wildman–Crippen LogP) is 3.87. The summed E-state index contributed by atoms with van der Waals surface area (Å²) < 4.78 is 104. The van der Waals surface area contributed by atoms with E-state index in [4.69, 9.17) is 0 Å². The topological polar surface area (TPSA) is 112 Å². The highest BCUT2D eigenvalue weighted by molar-refractivity contribution is 7.90. The highest BCUT2D eigenvalue weighted by Gasteiger charge is 2.63. The maximum absolute atomic E-state index is 14.7. The van der Waals surface area contributed by atoms with Crippen molar-refractivity contribution in [1.29, 1.82) is 0 Å². The molecule has 4 rings (SSSR count). The molecule has 1 N–H and O–H groups in total. The Hall–Kier alpha value is -3.68. The molecule has 0 saturated carbocycles. The van der Waals surface area contributed by atoms with Gasteiger partial charge in [0.1, 0.15) is 0 Å². The van der Waals surface area contributed by atoms with Gasteiger partial charge < -0.3 is 4.74 Å². The Morgan fingerprint density at radius 1 is 0.842 bits per heavy atom. The molecule has 4 aromatic rings. The third-order valence-corrected chi connectivity index (χ3v) is 9.09. The first-order chi connectivity index (χ1) is 17.8. The molecule has 1 aromatic heterocycles. The van der Waals surface area contributed by atoms with Gasteiger partial charge in [-0.05, 0) is 35.9 Å². The van der Waals surface area contributed by atoms with Crippen molar-refractivity contribution >= 4 is 36.9 Å². The van der Waals surface area contributed by atoms with Gasteiger partial charge in [-0.1, -0.05) is 54.6 Å². The zero-order valence-corrected chi connectivity index (χ0v) is 21.3. The van der Waals surface area contributed by atoms with E-state index < -0.39 is 49.0 Å². The van der Waals surface area contributed by atoms with Gasteiger partial charge in [0.2, 0.25) is 15.6 Å². The van der Waals surface area contributed by atoms with E-state index in [0.29, 0.717) is 7.11 Å². The molecular weight excluding hydrogens is 545 g/mol. The number of nitrogens with one attached hydrogen (secondary N) is 1. The summed E-state index contributed by atoms with van der Waals surface area (Å²) in [6, 6.07) is 19.2. The molecule has 13 heteroatoms. The number of nitrogens with zero attached hydrogens (tertiary/aromatic N) is 1. The van der Waals surface area contributed by atoms with Gasteiger partial charge in [-0.15, -0.1) is 0 Å². The zero-order chi connectivity index (χ0) is 27.8. The lowest BCUT2D eigenvalue weighted by Crippen LogP contribution is -2.65. The van der Waals surface area contributed by atoms with Crippen LogP contribution in [0.1, 0.15) is 5.56 Å². The summed E-state index contributed by atoms with van der Waals surface area (Å²) in [5, 5.41) is 0.0726. The molecule has 8 nitrogen and oxygen atoms in total. The van der Waals surface area contributed by atoms with Crippen LogP contribution in [0.5, 0.6) is 0 Å². The van der Waals surface area contributed by atoms with E-state index in [1.165, 1.54) is 71.5 Å². The Balaban J connectivity index is 1.93. The minimum absolute atomic E-state index is 0.0400. The Labute approximate surface area is 216 Å². The molecule has 0 spiro atoms. The number of carbonyl (C=O) groups is 1. The average Bonchev–Trinajstić information content (AvgIpc) is 3.27. The van der Waals surface area contributed by atoms with E-state index in [0.717, 1.165) is 22.3 Å². The minimum Gasteiger partial charge on any atom is -0.467 e. The number of para-hydroxylation sites is 1. The molecule has 0 bridgehead atoms. The normalized spacial score (nSPS) is 14.2. The molecule has 0 fully saturated rings. The monoisotopic (exact) mass is 566 g/mol. The van der Waals surface area contributed by atoms with Crippen LogP contribution in [0.25, 0.3) is 10.9 Å². The van der Waals surface area contributed by atoms with Gasteiger partial charge in [-0.2, -0.15) is 17.9 Å². The van der Waals surface area contributed by atoms with Crippen LogP contribution in [0.4, 0.5) is 13.2 Å². The van der Waals surface area contributed by atoms with Crippen LogP contribution in [0.2, 0.25) is 0 Å². The van der Waals surface area contributed by atoms with E-state index in [9.17, 15) is 34.8 Å². The SMILES string of the molecule is COC(=O)C(Cc1cn(S(=O)(=O)c2ccccc2)c2ccccc12)(NS(=O)(=O)c1ccccc1)C(F)(F)F. The Kier molecular flexibility index (Phi) is 7.12. The molecule has 0 amide bonds. The molecule has 38 heavy (non-hydrogen) atoms. The number of hydrogen-bond donors (Lipinski definition) is 1. The summed E-state index contributed by atoms with van der Waals surface area (Å²) in [5.74, 6) is -1.91.